The second-order valence-electron chi connectivity index (χ2n) is 8.45. The van der Waals surface area contributed by atoms with Crippen molar-refractivity contribution in [2.24, 2.45) is 0 Å². The molecule has 3 aromatic rings. The number of halogens is 4. The number of nitrogens with one attached hydrogen (secondary N) is 1. The molecule has 14 heteroatoms. The van der Waals surface area contributed by atoms with Gasteiger partial charge in [0.1, 0.15) is 17.6 Å². The van der Waals surface area contributed by atoms with Gasteiger partial charge in [-0.1, -0.05) is 18.2 Å². The Morgan fingerprint density at radius 1 is 1.05 bits per heavy atom. The van der Waals surface area contributed by atoms with Gasteiger partial charge >= 0.3 is 6.18 Å². The Bertz CT molecular complexity index is 1510. The Labute approximate surface area is 220 Å². The van der Waals surface area contributed by atoms with Crippen LogP contribution in [0.4, 0.5) is 23.2 Å². The lowest BCUT2D eigenvalue weighted by atomic mass is 10.0. The molecule has 0 aliphatic carbocycles. The molecule has 1 unspecified atom stereocenters. The summed E-state index contributed by atoms with van der Waals surface area (Å²) in [6.07, 6.45) is -5.09. The number of hydrogen-bond donors (Lipinski definition) is 2. The second kappa shape index (κ2) is 10.6. The molecule has 39 heavy (non-hydrogen) atoms. The maximum Gasteiger partial charge on any atom is 0.417 e. The van der Waals surface area contributed by atoms with E-state index in [1.54, 1.807) is 0 Å². The van der Waals surface area contributed by atoms with Crippen LogP contribution in [-0.2, 0) is 27.5 Å². The van der Waals surface area contributed by atoms with Crippen LogP contribution in [0, 0.1) is 5.82 Å². The number of amides is 2. The molecule has 206 valence electrons. The minimum absolute atomic E-state index is 0.0307. The van der Waals surface area contributed by atoms with Crippen molar-refractivity contribution in [3.8, 4) is 5.75 Å². The zero-order chi connectivity index (χ0) is 28.5. The summed E-state index contributed by atoms with van der Waals surface area (Å²) in [5, 5.41) is 9.41. The van der Waals surface area contributed by atoms with Crippen LogP contribution in [0.2, 0.25) is 0 Å². The average molecular weight is 568 g/mol. The molecule has 3 aromatic carbocycles. The first-order valence-corrected chi connectivity index (χ1v) is 12.7. The van der Waals surface area contributed by atoms with Crippen molar-refractivity contribution in [1.82, 2.24) is 9.79 Å². The first-order valence-electron chi connectivity index (χ1n) is 11.2. The molecule has 0 spiro atoms. The SMILES string of the molecule is COc1ccc(S(=O)(=O)N2Cc3ccccc3N(C(=O)c3ccc(F)cc3C(F)(F)F)CC2C(=O)NO)cc1. The lowest BCUT2D eigenvalue weighted by Gasteiger charge is -2.30. The van der Waals surface area contributed by atoms with Crippen molar-refractivity contribution in [3.63, 3.8) is 0 Å². The van der Waals surface area contributed by atoms with Crippen LogP contribution in [0.5, 0.6) is 5.75 Å². The number of alkyl halides is 3. The Kier molecular flexibility index (Phi) is 7.63. The lowest BCUT2D eigenvalue weighted by Crippen LogP contribution is -2.53. The minimum Gasteiger partial charge on any atom is -0.497 e. The molecular weight excluding hydrogens is 546 g/mol. The van der Waals surface area contributed by atoms with Crippen LogP contribution in [-0.4, -0.2) is 49.4 Å². The van der Waals surface area contributed by atoms with Crippen molar-refractivity contribution in [1.29, 1.82) is 0 Å². The first kappa shape index (κ1) is 28.0. The number of rotatable bonds is 5. The van der Waals surface area contributed by atoms with Gasteiger partial charge in [-0.25, -0.2) is 18.3 Å². The van der Waals surface area contributed by atoms with Crippen LogP contribution >= 0.6 is 0 Å². The summed E-state index contributed by atoms with van der Waals surface area (Å²) in [5.41, 5.74) is -0.862. The summed E-state index contributed by atoms with van der Waals surface area (Å²) < 4.78 is 88.0. The number of sulfonamides is 1. The molecule has 0 saturated carbocycles. The number of hydroxylamine groups is 1. The molecule has 2 amide bonds. The molecule has 0 aromatic heterocycles. The van der Waals surface area contributed by atoms with E-state index in [1.807, 2.05) is 0 Å². The summed E-state index contributed by atoms with van der Waals surface area (Å²) in [6, 6.07) is 10.8. The number of ether oxygens (including phenoxy) is 1. The highest BCUT2D eigenvalue weighted by atomic mass is 32.2. The van der Waals surface area contributed by atoms with E-state index in [1.165, 1.54) is 61.1 Å². The molecule has 1 heterocycles. The molecule has 4 rings (SSSR count). The van der Waals surface area contributed by atoms with E-state index in [0.29, 0.717) is 17.9 Å². The minimum atomic E-state index is -5.09. The Hall–Kier alpha value is -4.01. The van der Waals surface area contributed by atoms with E-state index in [-0.39, 0.29) is 22.2 Å². The lowest BCUT2D eigenvalue weighted by molar-refractivity contribution is -0.138. The topological polar surface area (TPSA) is 116 Å². The first-order chi connectivity index (χ1) is 18.4. The number of para-hydroxylation sites is 1. The largest absolute Gasteiger partial charge is 0.497 e. The van der Waals surface area contributed by atoms with Crippen LogP contribution < -0.4 is 15.1 Å². The van der Waals surface area contributed by atoms with E-state index in [0.717, 1.165) is 9.21 Å². The Morgan fingerprint density at radius 3 is 2.33 bits per heavy atom. The molecule has 0 saturated heterocycles. The van der Waals surface area contributed by atoms with Crippen LogP contribution in [0.25, 0.3) is 0 Å². The highest BCUT2D eigenvalue weighted by Crippen LogP contribution is 2.36. The van der Waals surface area contributed by atoms with Gasteiger partial charge in [0.15, 0.2) is 0 Å². The molecule has 9 nitrogen and oxygen atoms in total. The summed E-state index contributed by atoms with van der Waals surface area (Å²) in [5.74, 6) is -3.34. The number of nitrogens with zero attached hydrogens (tertiary/aromatic N) is 2. The maximum absolute atomic E-state index is 13.7. The van der Waals surface area contributed by atoms with E-state index in [2.05, 4.69) is 0 Å². The zero-order valence-corrected chi connectivity index (χ0v) is 21.0. The normalized spacial score (nSPS) is 16.3. The third kappa shape index (κ3) is 5.44. The van der Waals surface area contributed by atoms with Gasteiger partial charge in [-0.15, -0.1) is 0 Å². The van der Waals surface area contributed by atoms with Crippen LogP contribution in [0.1, 0.15) is 21.5 Å². The number of benzene rings is 3. The highest BCUT2D eigenvalue weighted by molar-refractivity contribution is 7.89. The van der Waals surface area contributed by atoms with Gasteiger partial charge in [-0.3, -0.25) is 14.8 Å². The number of fused-ring (bicyclic) bond motifs is 1. The predicted molar refractivity (Wildman–Crippen MR) is 129 cm³/mol. The number of carbonyl (C=O) groups excluding carboxylic acids is 2. The molecule has 0 bridgehead atoms. The fourth-order valence-corrected chi connectivity index (χ4v) is 5.80. The second-order valence-corrected chi connectivity index (χ2v) is 10.3. The van der Waals surface area contributed by atoms with Gasteiger partial charge in [0.25, 0.3) is 11.8 Å². The Balaban J connectivity index is 1.86. The maximum atomic E-state index is 13.7. The van der Waals surface area contributed by atoms with Crippen LogP contribution in [0.3, 0.4) is 0 Å². The molecule has 2 N–H and O–H groups in total. The van der Waals surface area contributed by atoms with E-state index in [9.17, 15) is 40.8 Å². The third-order valence-electron chi connectivity index (χ3n) is 6.15. The molecule has 1 aliphatic rings. The number of carbonyl (C=O) groups is 2. The number of methoxy groups -OCH3 is 1. The summed E-state index contributed by atoms with van der Waals surface area (Å²) >= 11 is 0. The zero-order valence-electron chi connectivity index (χ0n) is 20.1. The van der Waals surface area contributed by atoms with Crippen LogP contribution in [0.15, 0.2) is 71.6 Å². The summed E-state index contributed by atoms with van der Waals surface area (Å²) in [7, 11) is -3.09. The van der Waals surface area contributed by atoms with E-state index < -0.39 is 64.1 Å². The molecule has 1 atom stereocenters. The quantitative estimate of drug-likeness (QED) is 0.277. The highest BCUT2D eigenvalue weighted by Gasteiger charge is 2.43. The number of anilines is 1. The predicted octanol–water partition coefficient (Wildman–Crippen LogP) is 3.58. The average Bonchev–Trinajstić information content (AvgIpc) is 3.09. The standard InChI is InChI=1S/C25H21F4N3O6S/c1-38-17-7-9-18(10-8-17)39(36,37)32-13-15-4-2-3-5-21(15)31(14-22(32)23(33)30-35)24(34)19-11-6-16(26)12-20(19)25(27,28)29/h2-12,22,35H,13-14H2,1H3,(H,30,33). The third-order valence-corrected chi connectivity index (χ3v) is 8.02. The van der Waals surface area contributed by atoms with Crippen molar-refractivity contribution >= 4 is 27.5 Å². The fraction of sp³-hybridized carbons (Fsp3) is 0.200. The van der Waals surface area contributed by atoms with Gasteiger partial charge in [0, 0.05) is 12.2 Å². The van der Waals surface area contributed by atoms with Gasteiger partial charge in [0.05, 0.1) is 29.7 Å². The van der Waals surface area contributed by atoms with Gasteiger partial charge in [0.2, 0.25) is 10.0 Å². The van der Waals surface area contributed by atoms with Crippen molar-refractivity contribution in [2.45, 2.75) is 23.7 Å². The van der Waals surface area contributed by atoms with E-state index in [4.69, 9.17) is 4.74 Å². The Morgan fingerprint density at radius 2 is 1.72 bits per heavy atom. The summed E-state index contributed by atoms with van der Waals surface area (Å²) in [6.45, 7) is -1.24. The van der Waals surface area contributed by atoms with Gasteiger partial charge in [-0.2, -0.15) is 17.5 Å². The molecule has 0 radical (unpaired) electrons. The molecular formula is C25H21F4N3O6S. The van der Waals surface area contributed by atoms with Crippen molar-refractivity contribution in [2.75, 3.05) is 18.6 Å². The fourth-order valence-electron chi connectivity index (χ4n) is 4.25. The van der Waals surface area contributed by atoms with Gasteiger partial charge < -0.3 is 9.64 Å². The summed E-state index contributed by atoms with van der Waals surface area (Å²) in [4.78, 5) is 26.9. The van der Waals surface area contributed by atoms with Crippen molar-refractivity contribution < 1.29 is 45.5 Å². The van der Waals surface area contributed by atoms with E-state index >= 15 is 0 Å². The van der Waals surface area contributed by atoms with Gasteiger partial charge in [-0.05, 0) is 54.1 Å². The number of hydrogen-bond acceptors (Lipinski definition) is 6. The molecule has 1 aliphatic heterocycles. The smallest absolute Gasteiger partial charge is 0.417 e. The van der Waals surface area contributed by atoms with Crippen molar-refractivity contribution in [3.05, 3.63) is 89.2 Å². The monoisotopic (exact) mass is 567 g/mol. The molecule has 0 fully saturated rings.